The number of amides is 2. The largest absolute Gasteiger partial charge is 0.465 e. The number of esters is 1. The Kier molecular flexibility index (Phi) is 2.94. The maximum absolute atomic E-state index is 11.5. The highest BCUT2D eigenvalue weighted by molar-refractivity contribution is 6.10. The number of ether oxygens (including phenoxy) is 2. The molecule has 1 aliphatic rings. The van der Waals surface area contributed by atoms with Crippen LogP contribution in [0.25, 0.3) is 17.0 Å². The Morgan fingerprint density at radius 2 is 2.14 bits per heavy atom. The second-order valence-corrected chi connectivity index (χ2v) is 4.35. The van der Waals surface area contributed by atoms with Gasteiger partial charge in [-0.1, -0.05) is 6.07 Å². The average molecular weight is 286 g/mol. The Morgan fingerprint density at radius 3 is 2.81 bits per heavy atom. The molecule has 1 fully saturated rings. The number of hydrogen-bond donors (Lipinski definition) is 2. The standard InChI is InChI=1S/C14H10N2O5/c1-20-13(18)7-2-3-9-8(6-15-10(9)4-7)5-11-12(17)16-14(19)21-11/h2-6,15H,1H3,(H,16,17,19). The summed E-state index contributed by atoms with van der Waals surface area (Å²) in [6, 6.07) is 4.98. The Bertz CT molecular complexity index is 803. The van der Waals surface area contributed by atoms with E-state index in [0.29, 0.717) is 16.6 Å². The summed E-state index contributed by atoms with van der Waals surface area (Å²) in [5, 5.41) is 2.80. The van der Waals surface area contributed by atoms with Gasteiger partial charge in [-0.15, -0.1) is 0 Å². The Balaban J connectivity index is 2.02. The van der Waals surface area contributed by atoms with Gasteiger partial charge in [-0.05, 0) is 18.2 Å². The van der Waals surface area contributed by atoms with Gasteiger partial charge < -0.3 is 14.5 Å². The molecule has 21 heavy (non-hydrogen) atoms. The van der Waals surface area contributed by atoms with Gasteiger partial charge in [0.1, 0.15) is 0 Å². The minimum absolute atomic E-state index is 0.0713. The molecule has 1 saturated heterocycles. The molecule has 2 aromatic rings. The second kappa shape index (κ2) is 4.78. The number of cyclic esters (lactones) is 1. The minimum atomic E-state index is -0.793. The number of alkyl carbamates (subject to hydrolysis) is 1. The number of aromatic amines is 1. The van der Waals surface area contributed by atoms with Crippen LogP contribution in [0, 0.1) is 0 Å². The number of rotatable bonds is 2. The van der Waals surface area contributed by atoms with Crippen molar-refractivity contribution in [2.45, 2.75) is 0 Å². The number of aromatic nitrogens is 1. The summed E-state index contributed by atoms with van der Waals surface area (Å²) in [6.07, 6.45) is 2.31. The number of H-pyrrole nitrogens is 1. The van der Waals surface area contributed by atoms with E-state index in [-0.39, 0.29) is 5.76 Å². The minimum Gasteiger partial charge on any atom is -0.465 e. The van der Waals surface area contributed by atoms with E-state index in [1.807, 2.05) is 5.32 Å². The molecule has 2 amide bonds. The van der Waals surface area contributed by atoms with Crippen LogP contribution in [0.4, 0.5) is 4.79 Å². The van der Waals surface area contributed by atoms with E-state index < -0.39 is 18.0 Å². The van der Waals surface area contributed by atoms with Crippen molar-refractivity contribution in [1.82, 2.24) is 10.3 Å². The number of nitrogens with one attached hydrogen (secondary N) is 2. The van der Waals surface area contributed by atoms with Crippen molar-refractivity contribution in [1.29, 1.82) is 0 Å². The molecule has 0 atom stereocenters. The third kappa shape index (κ3) is 2.25. The number of hydrogen-bond acceptors (Lipinski definition) is 5. The first kappa shape index (κ1) is 12.9. The number of benzene rings is 1. The van der Waals surface area contributed by atoms with Gasteiger partial charge >= 0.3 is 12.1 Å². The summed E-state index contributed by atoms with van der Waals surface area (Å²) in [7, 11) is 1.31. The Morgan fingerprint density at radius 1 is 1.33 bits per heavy atom. The number of imide groups is 1. The van der Waals surface area contributed by atoms with Gasteiger partial charge in [-0.25, -0.2) is 9.59 Å². The van der Waals surface area contributed by atoms with Crippen LogP contribution >= 0.6 is 0 Å². The molecule has 7 nitrogen and oxygen atoms in total. The summed E-state index contributed by atoms with van der Waals surface area (Å²) < 4.78 is 9.40. The van der Waals surface area contributed by atoms with E-state index in [2.05, 4.69) is 9.72 Å². The molecule has 0 saturated carbocycles. The van der Waals surface area contributed by atoms with Crippen LogP contribution in [0.1, 0.15) is 15.9 Å². The average Bonchev–Trinajstić information content (AvgIpc) is 3.01. The fraction of sp³-hybridized carbons (Fsp3) is 0.0714. The molecule has 1 aromatic carbocycles. The summed E-state index contributed by atoms with van der Waals surface area (Å²) in [6.45, 7) is 0. The van der Waals surface area contributed by atoms with E-state index in [1.165, 1.54) is 13.2 Å². The van der Waals surface area contributed by atoms with Gasteiger partial charge in [-0.3, -0.25) is 10.1 Å². The van der Waals surface area contributed by atoms with Crippen LogP contribution in [0.3, 0.4) is 0 Å². The number of fused-ring (bicyclic) bond motifs is 1. The van der Waals surface area contributed by atoms with Crippen molar-refractivity contribution < 1.29 is 23.9 Å². The molecule has 2 heterocycles. The predicted molar refractivity (Wildman–Crippen MR) is 72.2 cm³/mol. The summed E-state index contributed by atoms with van der Waals surface area (Å²) in [5.41, 5.74) is 1.78. The lowest BCUT2D eigenvalue weighted by Crippen LogP contribution is -2.18. The van der Waals surface area contributed by atoms with E-state index in [0.717, 1.165) is 5.39 Å². The zero-order chi connectivity index (χ0) is 15.0. The van der Waals surface area contributed by atoms with Gasteiger partial charge in [-0.2, -0.15) is 0 Å². The van der Waals surface area contributed by atoms with Crippen molar-refractivity contribution in [2.75, 3.05) is 7.11 Å². The summed E-state index contributed by atoms with van der Waals surface area (Å²) in [5.74, 6) is -1.09. The number of carbonyl (C=O) groups excluding carboxylic acids is 3. The highest BCUT2D eigenvalue weighted by atomic mass is 16.6. The smallest absolute Gasteiger partial charge is 0.419 e. The fourth-order valence-corrected chi connectivity index (χ4v) is 2.08. The molecule has 1 aromatic heterocycles. The molecule has 0 bridgehead atoms. The van der Waals surface area contributed by atoms with Crippen molar-refractivity contribution >= 4 is 34.9 Å². The van der Waals surface area contributed by atoms with E-state index in [4.69, 9.17) is 4.74 Å². The van der Waals surface area contributed by atoms with Crippen molar-refractivity contribution in [3.05, 3.63) is 41.3 Å². The number of methoxy groups -OCH3 is 1. The molecule has 0 unspecified atom stereocenters. The van der Waals surface area contributed by atoms with E-state index in [9.17, 15) is 14.4 Å². The van der Waals surface area contributed by atoms with Gasteiger partial charge in [0.15, 0.2) is 5.76 Å². The quantitative estimate of drug-likeness (QED) is 0.645. The normalized spacial score (nSPS) is 16.1. The van der Waals surface area contributed by atoms with E-state index >= 15 is 0 Å². The molecular weight excluding hydrogens is 276 g/mol. The topological polar surface area (TPSA) is 97.5 Å². The molecule has 0 radical (unpaired) electrons. The highest BCUT2D eigenvalue weighted by Crippen LogP contribution is 2.23. The first-order chi connectivity index (χ1) is 10.1. The zero-order valence-electron chi connectivity index (χ0n) is 10.9. The van der Waals surface area contributed by atoms with E-state index in [1.54, 1.807) is 24.4 Å². The summed E-state index contributed by atoms with van der Waals surface area (Å²) >= 11 is 0. The van der Waals surface area contributed by atoms with Gasteiger partial charge in [0.2, 0.25) is 0 Å². The molecule has 0 aliphatic carbocycles. The molecule has 3 rings (SSSR count). The lowest BCUT2D eigenvalue weighted by molar-refractivity contribution is -0.116. The molecule has 2 N–H and O–H groups in total. The second-order valence-electron chi connectivity index (χ2n) is 4.35. The van der Waals surface area contributed by atoms with Crippen molar-refractivity contribution in [2.24, 2.45) is 0 Å². The third-order valence-corrected chi connectivity index (χ3v) is 3.06. The van der Waals surface area contributed by atoms with Crippen LogP contribution in [0.2, 0.25) is 0 Å². The molecular formula is C14H10N2O5. The monoisotopic (exact) mass is 286 g/mol. The molecule has 1 aliphatic heterocycles. The van der Waals surface area contributed by atoms with Crippen LogP contribution in [0.15, 0.2) is 30.2 Å². The van der Waals surface area contributed by atoms with Crippen LogP contribution in [-0.2, 0) is 14.3 Å². The van der Waals surface area contributed by atoms with Crippen molar-refractivity contribution in [3.63, 3.8) is 0 Å². The fourth-order valence-electron chi connectivity index (χ4n) is 2.08. The first-order valence-corrected chi connectivity index (χ1v) is 6.03. The SMILES string of the molecule is COC(=O)c1ccc2c(C=C3OC(=O)NC3=O)c[nH]c2c1. The maximum atomic E-state index is 11.5. The molecule has 106 valence electrons. The van der Waals surface area contributed by atoms with Gasteiger partial charge in [0.05, 0.1) is 12.7 Å². The first-order valence-electron chi connectivity index (χ1n) is 6.03. The van der Waals surface area contributed by atoms with Gasteiger partial charge in [0.25, 0.3) is 5.91 Å². The van der Waals surface area contributed by atoms with Crippen LogP contribution in [0.5, 0.6) is 0 Å². The van der Waals surface area contributed by atoms with Crippen LogP contribution < -0.4 is 5.32 Å². The number of carbonyl (C=O) groups is 3. The predicted octanol–water partition coefficient (Wildman–Crippen LogP) is 1.56. The lowest BCUT2D eigenvalue weighted by atomic mass is 10.1. The lowest BCUT2D eigenvalue weighted by Gasteiger charge is -1.99. The zero-order valence-corrected chi connectivity index (χ0v) is 10.9. The maximum Gasteiger partial charge on any atom is 0.419 e. The molecule has 0 spiro atoms. The summed E-state index contributed by atoms with van der Waals surface area (Å²) in [4.78, 5) is 36.8. The van der Waals surface area contributed by atoms with Gasteiger partial charge in [0, 0.05) is 22.7 Å². The van der Waals surface area contributed by atoms with Crippen LogP contribution in [-0.4, -0.2) is 30.1 Å². The Hall–Kier alpha value is -3.09. The third-order valence-electron chi connectivity index (χ3n) is 3.06. The van der Waals surface area contributed by atoms with Crippen molar-refractivity contribution in [3.8, 4) is 0 Å². The highest BCUT2D eigenvalue weighted by Gasteiger charge is 2.26. The Labute approximate surface area is 118 Å². The molecule has 7 heteroatoms.